The normalized spacial score (nSPS) is 23.5. The minimum absolute atomic E-state index is 0.0398. The van der Waals surface area contributed by atoms with E-state index in [1.807, 2.05) is 0 Å². The SMILES string of the molecule is COC(=O)C1(C(=O)OC)CCCC1CI. The molecule has 0 aliphatic heterocycles. The van der Waals surface area contributed by atoms with Gasteiger partial charge in [0, 0.05) is 4.43 Å². The van der Waals surface area contributed by atoms with Crippen molar-refractivity contribution in [2.75, 3.05) is 18.6 Å². The number of esters is 2. The van der Waals surface area contributed by atoms with Crippen molar-refractivity contribution in [3.05, 3.63) is 0 Å². The Kier molecular flexibility index (Phi) is 4.36. The van der Waals surface area contributed by atoms with Gasteiger partial charge in [-0.2, -0.15) is 0 Å². The fourth-order valence-corrected chi connectivity index (χ4v) is 3.46. The highest BCUT2D eigenvalue weighted by Gasteiger charge is 2.56. The van der Waals surface area contributed by atoms with Crippen molar-refractivity contribution in [1.82, 2.24) is 0 Å². The van der Waals surface area contributed by atoms with E-state index >= 15 is 0 Å². The van der Waals surface area contributed by atoms with Crippen molar-refractivity contribution in [2.24, 2.45) is 11.3 Å². The van der Waals surface area contributed by atoms with Crippen molar-refractivity contribution >= 4 is 34.5 Å². The standard InChI is InChI=1S/C10H15IO4/c1-14-8(12)10(9(13)15-2)5-3-4-7(10)6-11/h7H,3-6H2,1-2H3. The van der Waals surface area contributed by atoms with Gasteiger partial charge in [-0.3, -0.25) is 9.59 Å². The van der Waals surface area contributed by atoms with Crippen LogP contribution in [0.25, 0.3) is 0 Å². The van der Waals surface area contributed by atoms with Gasteiger partial charge < -0.3 is 9.47 Å². The zero-order valence-electron chi connectivity index (χ0n) is 8.92. The average Bonchev–Trinajstić information content (AvgIpc) is 2.71. The van der Waals surface area contributed by atoms with Crippen LogP contribution >= 0.6 is 22.6 Å². The predicted octanol–water partition coefficient (Wildman–Crippen LogP) is 1.55. The van der Waals surface area contributed by atoms with Crippen molar-refractivity contribution in [3.63, 3.8) is 0 Å². The van der Waals surface area contributed by atoms with Gasteiger partial charge >= 0.3 is 11.9 Å². The minimum atomic E-state index is -1.05. The van der Waals surface area contributed by atoms with Crippen LogP contribution in [0.1, 0.15) is 19.3 Å². The maximum atomic E-state index is 11.8. The molecule has 15 heavy (non-hydrogen) atoms. The summed E-state index contributed by atoms with van der Waals surface area (Å²) >= 11 is 2.20. The molecule has 5 heteroatoms. The van der Waals surface area contributed by atoms with E-state index < -0.39 is 17.4 Å². The Bertz CT molecular complexity index is 248. The number of methoxy groups -OCH3 is 2. The van der Waals surface area contributed by atoms with Crippen LogP contribution < -0.4 is 0 Å². The number of rotatable bonds is 3. The van der Waals surface area contributed by atoms with Crippen LogP contribution in [0.2, 0.25) is 0 Å². The summed E-state index contributed by atoms with van der Waals surface area (Å²) < 4.78 is 10.3. The molecule has 0 amide bonds. The number of hydrogen-bond donors (Lipinski definition) is 0. The highest BCUT2D eigenvalue weighted by molar-refractivity contribution is 14.1. The van der Waals surface area contributed by atoms with Crippen LogP contribution in [0, 0.1) is 11.3 Å². The Morgan fingerprint density at radius 1 is 1.33 bits per heavy atom. The average molecular weight is 326 g/mol. The first-order valence-corrected chi connectivity index (χ1v) is 6.38. The Hall–Kier alpha value is -0.330. The van der Waals surface area contributed by atoms with Crippen LogP contribution in [-0.4, -0.2) is 30.6 Å². The molecule has 0 N–H and O–H groups in total. The lowest BCUT2D eigenvalue weighted by atomic mass is 9.79. The smallest absolute Gasteiger partial charge is 0.323 e. The third-order valence-corrected chi connectivity index (χ3v) is 4.17. The van der Waals surface area contributed by atoms with Crippen LogP contribution in [0.3, 0.4) is 0 Å². The van der Waals surface area contributed by atoms with E-state index in [9.17, 15) is 9.59 Å². The second-order valence-electron chi connectivity index (χ2n) is 3.70. The topological polar surface area (TPSA) is 52.6 Å². The first-order chi connectivity index (χ1) is 7.13. The largest absolute Gasteiger partial charge is 0.468 e. The molecule has 1 aliphatic rings. The van der Waals surface area contributed by atoms with Crippen LogP contribution in [0.5, 0.6) is 0 Å². The molecule has 1 rings (SSSR count). The van der Waals surface area contributed by atoms with Crippen molar-refractivity contribution < 1.29 is 19.1 Å². The number of hydrogen-bond acceptors (Lipinski definition) is 4. The molecule has 1 unspecified atom stereocenters. The van der Waals surface area contributed by atoms with E-state index in [1.165, 1.54) is 14.2 Å². The lowest BCUT2D eigenvalue weighted by molar-refractivity contribution is -0.171. The third kappa shape index (κ3) is 1.98. The van der Waals surface area contributed by atoms with Gasteiger partial charge in [-0.05, 0) is 18.8 Å². The maximum Gasteiger partial charge on any atom is 0.323 e. The summed E-state index contributed by atoms with van der Waals surface area (Å²) in [5.74, 6) is -0.861. The summed E-state index contributed by atoms with van der Waals surface area (Å²) in [6.07, 6.45) is 2.30. The molecule has 1 atom stereocenters. The van der Waals surface area contributed by atoms with Gasteiger partial charge in [-0.25, -0.2) is 0 Å². The van der Waals surface area contributed by atoms with Gasteiger partial charge in [-0.15, -0.1) is 0 Å². The van der Waals surface area contributed by atoms with Gasteiger partial charge in [0.1, 0.15) is 0 Å². The van der Waals surface area contributed by atoms with E-state index in [4.69, 9.17) is 9.47 Å². The zero-order valence-corrected chi connectivity index (χ0v) is 11.1. The lowest BCUT2D eigenvalue weighted by Gasteiger charge is -2.28. The Balaban J connectivity index is 3.05. The Morgan fingerprint density at radius 3 is 2.27 bits per heavy atom. The summed E-state index contributed by atoms with van der Waals surface area (Å²) in [6, 6.07) is 0. The molecule has 86 valence electrons. The lowest BCUT2D eigenvalue weighted by Crippen LogP contribution is -2.44. The molecule has 1 saturated carbocycles. The molecular formula is C10H15IO4. The quantitative estimate of drug-likeness (QED) is 0.342. The second-order valence-corrected chi connectivity index (χ2v) is 4.58. The van der Waals surface area contributed by atoms with Gasteiger partial charge in [0.15, 0.2) is 5.41 Å². The summed E-state index contributed by atoms with van der Waals surface area (Å²) in [5, 5.41) is 0. The third-order valence-electron chi connectivity index (χ3n) is 3.11. The number of alkyl halides is 1. The number of ether oxygens (including phenoxy) is 2. The van der Waals surface area contributed by atoms with Gasteiger partial charge in [0.2, 0.25) is 0 Å². The second kappa shape index (κ2) is 5.14. The number of carbonyl (C=O) groups excluding carboxylic acids is 2. The zero-order chi connectivity index (χ0) is 11.5. The van der Waals surface area contributed by atoms with Crippen LogP contribution in [0.15, 0.2) is 0 Å². The molecule has 4 nitrogen and oxygen atoms in total. The van der Waals surface area contributed by atoms with Crippen LogP contribution in [0.4, 0.5) is 0 Å². The van der Waals surface area contributed by atoms with E-state index in [-0.39, 0.29) is 5.92 Å². The highest BCUT2D eigenvalue weighted by atomic mass is 127. The fourth-order valence-electron chi connectivity index (χ4n) is 2.27. The molecule has 0 aromatic heterocycles. The molecule has 1 fully saturated rings. The summed E-state index contributed by atoms with van der Waals surface area (Å²) in [5.41, 5.74) is -1.05. The van der Waals surface area contributed by atoms with Crippen molar-refractivity contribution in [3.8, 4) is 0 Å². The van der Waals surface area contributed by atoms with Gasteiger partial charge in [-0.1, -0.05) is 29.0 Å². The molecular weight excluding hydrogens is 311 g/mol. The maximum absolute atomic E-state index is 11.8. The summed E-state index contributed by atoms with van der Waals surface area (Å²) in [4.78, 5) is 23.6. The van der Waals surface area contributed by atoms with E-state index in [0.29, 0.717) is 6.42 Å². The van der Waals surface area contributed by atoms with E-state index in [0.717, 1.165) is 17.3 Å². The predicted molar refractivity (Wildman–Crippen MR) is 62.7 cm³/mol. The molecule has 0 spiro atoms. The Labute approximate surface area is 103 Å². The molecule has 1 aliphatic carbocycles. The minimum Gasteiger partial charge on any atom is -0.468 e. The molecule has 0 aromatic carbocycles. The van der Waals surface area contributed by atoms with E-state index in [2.05, 4.69) is 22.6 Å². The molecule has 0 saturated heterocycles. The number of carbonyl (C=O) groups is 2. The van der Waals surface area contributed by atoms with Crippen LogP contribution in [-0.2, 0) is 19.1 Å². The van der Waals surface area contributed by atoms with Gasteiger partial charge in [0.25, 0.3) is 0 Å². The molecule has 0 heterocycles. The van der Waals surface area contributed by atoms with E-state index in [1.54, 1.807) is 0 Å². The molecule has 0 aromatic rings. The molecule has 0 radical (unpaired) electrons. The van der Waals surface area contributed by atoms with Gasteiger partial charge in [0.05, 0.1) is 14.2 Å². The molecule has 0 bridgehead atoms. The Morgan fingerprint density at radius 2 is 1.87 bits per heavy atom. The highest BCUT2D eigenvalue weighted by Crippen LogP contribution is 2.46. The first kappa shape index (κ1) is 12.7. The number of halogens is 1. The van der Waals surface area contributed by atoms with Crippen molar-refractivity contribution in [2.45, 2.75) is 19.3 Å². The first-order valence-electron chi connectivity index (χ1n) is 4.86. The fraction of sp³-hybridized carbons (Fsp3) is 0.800. The van der Waals surface area contributed by atoms with Crippen molar-refractivity contribution in [1.29, 1.82) is 0 Å². The monoisotopic (exact) mass is 326 g/mol. The summed E-state index contributed by atoms with van der Waals surface area (Å²) in [6.45, 7) is 0. The summed E-state index contributed by atoms with van der Waals surface area (Å²) in [7, 11) is 2.63.